The van der Waals surface area contributed by atoms with Crippen LogP contribution in [0.15, 0.2) is 18.2 Å². The Labute approximate surface area is 128 Å². The Bertz CT molecular complexity index is 431. The van der Waals surface area contributed by atoms with Crippen LogP contribution in [0, 0.1) is 0 Å². The highest BCUT2D eigenvalue weighted by atomic mass is 16.5. The summed E-state index contributed by atoms with van der Waals surface area (Å²) >= 11 is 0. The lowest BCUT2D eigenvalue weighted by Gasteiger charge is -2.35. The average Bonchev–Trinajstić information content (AvgIpc) is 2.53. The number of benzene rings is 1. The van der Waals surface area contributed by atoms with E-state index in [1.165, 1.54) is 19.3 Å². The van der Waals surface area contributed by atoms with E-state index in [1.54, 1.807) is 13.2 Å². The monoisotopic (exact) mass is 292 g/mol. The van der Waals surface area contributed by atoms with Crippen LogP contribution in [0.2, 0.25) is 0 Å². The second-order valence-corrected chi connectivity index (χ2v) is 5.72. The molecule has 1 aliphatic rings. The number of ether oxygens (including phenoxy) is 1. The molecule has 0 amide bonds. The van der Waals surface area contributed by atoms with Crippen molar-refractivity contribution >= 4 is 0 Å². The van der Waals surface area contributed by atoms with E-state index in [0.29, 0.717) is 5.75 Å². The Kier molecular flexibility index (Phi) is 6.33. The normalized spacial score (nSPS) is 17.6. The van der Waals surface area contributed by atoms with Crippen molar-refractivity contribution in [1.29, 1.82) is 0 Å². The number of methoxy groups -OCH3 is 1. The molecule has 0 saturated carbocycles. The molecule has 1 fully saturated rings. The Balaban J connectivity index is 2.20. The van der Waals surface area contributed by atoms with Gasteiger partial charge in [-0.3, -0.25) is 4.90 Å². The summed E-state index contributed by atoms with van der Waals surface area (Å²) in [4.78, 5) is 2.49. The van der Waals surface area contributed by atoms with Crippen molar-refractivity contribution in [2.45, 2.75) is 38.6 Å². The van der Waals surface area contributed by atoms with Crippen LogP contribution in [0.4, 0.5) is 0 Å². The molecule has 1 aromatic rings. The second-order valence-electron chi connectivity index (χ2n) is 5.72. The van der Waals surface area contributed by atoms with Gasteiger partial charge in [-0.1, -0.05) is 26.2 Å². The summed E-state index contributed by atoms with van der Waals surface area (Å²) in [5.41, 5.74) is 1.01. The van der Waals surface area contributed by atoms with E-state index in [4.69, 9.17) is 4.74 Å². The van der Waals surface area contributed by atoms with Gasteiger partial charge in [-0.15, -0.1) is 0 Å². The zero-order chi connectivity index (χ0) is 15.1. The molecule has 1 aromatic carbocycles. The van der Waals surface area contributed by atoms with E-state index in [1.807, 2.05) is 12.1 Å². The van der Waals surface area contributed by atoms with E-state index in [2.05, 4.69) is 17.1 Å². The van der Waals surface area contributed by atoms with Crippen molar-refractivity contribution in [3.8, 4) is 11.5 Å². The zero-order valence-electron chi connectivity index (χ0n) is 13.3. The lowest BCUT2D eigenvalue weighted by Crippen LogP contribution is -2.45. The number of nitrogens with one attached hydrogen (secondary N) is 1. The Morgan fingerprint density at radius 1 is 1.29 bits per heavy atom. The maximum atomic E-state index is 10.3. The standard InChI is InChI=1S/C17H28N2O2/c1-3-4-5-6-16(19-11-9-18-10-12-19)15-13-14(21-2)7-8-17(15)20/h7-8,13,16,18,20H,3-6,9-12H2,1-2H3/t16-/m1/s1. The van der Waals surface area contributed by atoms with Gasteiger partial charge in [-0.25, -0.2) is 0 Å². The van der Waals surface area contributed by atoms with E-state index in [0.717, 1.165) is 43.9 Å². The average molecular weight is 292 g/mol. The Morgan fingerprint density at radius 3 is 2.71 bits per heavy atom. The van der Waals surface area contributed by atoms with Gasteiger partial charge in [0.15, 0.2) is 0 Å². The molecule has 0 radical (unpaired) electrons. The minimum Gasteiger partial charge on any atom is -0.508 e. The van der Waals surface area contributed by atoms with Crippen LogP contribution in [0.25, 0.3) is 0 Å². The number of phenolic OH excluding ortho intramolecular Hbond substituents is 1. The molecule has 1 aliphatic heterocycles. The lowest BCUT2D eigenvalue weighted by atomic mass is 9.97. The first-order valence-corrected chi connectivity index (χ1v) is 8.08. The smallest absolute Gasteiger partial charge is 0.120 e. The predicted octanol–water partition coefficient (Wildman–Crippen LogP) is 2.93. The molecule has 0 bridgehead atoms. The van der Waals surface area contributed by atoms with Gasteiger partial charge in [0.25, 0.3) is 0 Å². The van der Waals surface area contributed by atoms with Gasteiger partial charge in [0.2, 0.25) is 0 Å². The molecule has 4 heteroatoms. The van der Waals surface area contributed by atoms with Crippen molar-refractivity contribution in [2.24, 2.45) is 0 Å². The van der Waals surface area contributed by atoms with Crippen LogP contribution < -0.4 is 10.1 Å². The number of phenols is 1. The highest BCUT2D eigenvalue weighted by molar-refractivity contribution is 5.41. The van der Waals surface area contributed by atoms with Crippen LogP contribution in [-0.4, -0.2) is 43.3 Å². The minimum absolute atomic E-state index is 0.286. The largest absolute Gasteiger partial charge is 0.508 e. The first kappa shape index (κ1) is 16.1. The third-order valence-corrected chi connectivity index (χ3v) is 4.27. The molecule has 1 atom stereocenters. The molecular weight excluding hydrogens is 264 g/mol. The molecule has 2 N–H and O–H groups in total. The summed E-state index contributed by atoms with van der Waals surface area (Å²) in [6.45, 7) is 6.34. The van der Waals surface area contributed by atoms with Crippen LogP contribution in [0.5, 0.6) is 11.5 Å². The first-order chi connectivity index (χ1) is 10.3. The third kappa shape index (κ3) is 4.35. The molecule has 1 saturated heterocycles. The van der Waals surface area contributed by atoms with Gasteiger partial charge in [0, 0.05) is 37.8 Å². The minimum atomic E-state index is 0.286. The van der Waals surface area contributed by atoms with Crippen LogP contribution in [0.1, 0.15) is 44.2 Å². The Hall–Kier alpha value is -1.26. The molecule has 0 unspecified atom stereocenters. The van der Waals surface area contributed by atoms with Crippen molar-refractivity contribution in [2.75, 3.05) is 33.3 Å². The summed E-state index contributed by atoms with van der Waals surface area (Å²) in [6.07, 6.45) is 4.75. The fourth-order valence-corrected chi connectivity index (χ4v) is 3.04. The molecule has 21 heavy (non-hydrogen) atoms. The summed E-state index contributed by atoms with van der Waals surface area (Å²) in [5, 5.41) is 13.7. The highest BCUT2D eigenvalue weighted by Crippen LogP contribution is 2.35. The molecule has 4 nitrogen and oxygen atoms in total. The third-order valence-electron chi connectivity index (χ3n) is 4.27. The van der Waals surface area contributed by atoms with Crippen molar-refractivity contribution in [3.05, 3.63) is 23.8 Å². The summed E-state index contributed by atoms with van der Waals surface area (Å²) in [5.74, 6) is 1.20. The topological polar surface area (TPSA) is 44.7 Å². The van der Waals surface area contributed by atoms with Crippen LogP contribution >= 0.6 is 0 Å². The highest BCUT2D eigenvalue weighted by Gasteiger charge is 2.24. The lowest BCUT2D eigenvalue weighted by molar-refractivity contribution is 0.160. The van der Waals surface area contributed by atoms with Gasteiger partial charge < -0.3 is 15.2 Å². The molecule has 0 spiro atoms. The van der Waals surface area contributed by atoms with Crippen molar-refractivity contribution in [1.82, 2.24) is 10.2 Å². The number of rotatable bonds is 7. The number of unbranched alkanes of at least 4 members (excludes halogenated alkanes) is 2. The molecule has 2 rings (SSSR count). The van der Waals surface area contributed by atoms with E-state index < -0.39 is 0 Å². The van der Waals surface area contributed by atoms with Gasteiger partial charge in [-0.05, 0) is 24.6 Å². The zero-order valence-corrected chi connectivity index (χ0v) is 13.3. The second kappa shape index (κ2) is 8.25. The summed E-state index contributed by atoms with van der Waals surface area (Å²) in [6, 6.07) is 5.85. The molecular formula is C17H28N2O2. The van der Waals surface area contributed by atoms with Crippen molar-refractivity contribution in [3.63, 3.8) is 0 Å². The number of piperazine rings is 1. The fraction of sp³-hybridized carbons (Fsp3) is 0.647. The molecule has 0 aliphatic carbocycles. The summed E-state index contributed by atoms with van der Waals surface area (Å²) < 4.78 is 5.33. The summed E-state index contributed by atoms with van der Waals surface area (Å²) in [7, 11) is 1.67. The van der Waals surface area contributed by atoms with Gasteiger partial charge in [-0.2, -0.15) is 0 Å². The quantitative estimate of drug-likeness (QED) is 0.759. The molecule has 118 valence electrons. The maximum Gasteiger partial charge on any atom is 0.120 e. The van der Waals surface area contributed by atoms with Crippen molar-refractivity contribution < 1.29 is 9.84 Å². The molecule has 1 heterocycles. The Morgan fingerprint density at radius 2 is 2.05 bits per heavy atom. The van der Waals surface area contributed by atoms with Gasteiger partial charge in [0.05, 0.1) is 7.11 Å². The van der Waals surface area contributed by atoms with Crippen LogP contribution in [-0.2, 0) is 0 Å². The number of nitrogens with zero attached hydrogens (tertiary/aromatic N) is 1. The number of aromatic hydroxyl groups is 1. The molecule has 0 aromatic heterocycles. The van der Waals surface area contributed by atoms with E-state index >= 15 is 0 Å². The van der Waals surface area contributed by atoms with E-state index in [-0.39, 0.29) is 6.04 Å². The SMILES string of the molecule is CCCCC[C@H](c1cc(OC)ccc1O)N1CCNCC1. The van der Waals surface area contributed by atoms with Gasteiger partial charge >= 0.3 is 0 Å². The number of hydrogen-bond donors (Lipinski definition) is 2. The predicted molar refractivity (Wildman–Crippen MR) is 86.0 cm³/mol. The number of hydrogen-bond acceptors (Lipinski definition) is 4. The van der Waals surface area contributed by atoms with Gasteiger partial charge in [0.1, 0.15) is 11.5 Å². The maximum absolute atomic E-state index is 10.3. The van der Waals surface area contributed by atoms with Crippen LogP contribution in [0.3, 0.4) is 0 Å². The van der Waals surface area contributed by atoms with E-state index in [9.17, 15) is 5.11 Å². The fourth-order valence-electron chi connectivity index (χ4n) is 3.04. The first-order valence-electron chi connectivity index (χ1n) is 8.08.